The first-order valence-electron chi connectivity index (χ1n) is 11.0. The number of nitrogens with zero attached hydrogens (tertiary/aromatic N) is 2. The normalized spacial score (nSPS) is 17.0. The Morgan fingerprint density at radius 3 is 2.90 bits per heavy atom. The molecule has 0 amide bonds. The van der Waals surface area contributed by atoms with Gasteiger partial charge in [-0.15, -0.1) is 0 Å². The van der Waals surface area contributed by atoms with E-state index in [-0.39, 0.29) is 0 Å². The molecule has 0 atom stereocenters. The number of para-hydroxylation sites is 1. The molecular formula is C25H29N3O2. The highest BCUT2D eigenvalue weighted by Gasteiger charge is 2.23. The average Bonchev–Trinajstić information content (AvgIpc) is 3.44. The Hall–Kier alpha value is -2.79. The Kier molecular flexibility index (Phi) is 5.45. The molecule has 0 radical (unpaired) electrons. The molecule has 1 saturated heterocycles. The largest absolute Gasteiger partial charge is 0.494 e. The summed E-state index contributed by atoms with van der Waals surface area (Å²) in [5.74, 6) is 3.59. The smallest absolute Gasteiger partial charge is 0.137 e. The third-order valence-electron chi connectivity index (χ3n) is 6.23. The molecule has 3 aromatic rings. The topological polar surface area (TPSA) is 50.4 Å². The van der Waals surface area contributed by atoms with Crippen LogP contribution in [0.2, 0.25) is 0 Å². The highest BCUT2D eigenvalue weighted by molar-refractivity contribution is 5.59. The van der Waals surface area contributed by atoms with Gasteiger partial charge in [0.1, 0.15) is 17.3 Å². The molecule has 1 fully saturated rings. The molecule has 30 heavy (non-hydrogen) atoms. The van der Waals surface area contributed by atoms with Crippen molar-refractivity contribution in [2.75, 3.05) is 26.3 Å². The molecule has 156 valence electrons. The minimum atomic E-state index is 0.579. The molecule has 2 aliphatic heterocycles. The van der Waals surface area contributed by atoms with Gasteiger partial charge in [0, 0.05) is 30.4 Å². The van der Waals surface area contributed by atoms with Gasteiger partial charge in [0.15, 0.2) is 0 Å². The second-order valence-electron chi connectivity index (χ2n) is 8.20. The predicted molar refractivity (Wildman–Crippen MR) is 118 cm³/mol. The molecule has 0 aliphatic carbocycles. The number of ether oxygens (including phenoxy) is 2. The summed E-state index contributed by atoms with van der Waals surface area (Å²) in [6.45, 7) is 6.66. The lowest BCUT2D eigenvalue weighted by Gasteiger charge is -2.32. The molecule has 5 nitrogen and oxygen atoms in total. The quantitative estimate of drug-likeness (QED) is 0.643. The summed E-state index contributed by atoms with van der Waals surface area (Å²) >= 11 is 0. The number of piperidine rings is 1. The van der Waals surface area contributed by atoms with Crippen LogP contribution in [0.15, 0.2) is 48.7 Å². The minimum absolute atomic E-state index is 0.579. The number of nitrogens with one attached hydrogen (secondary N) is 1. The number of aromatic amines is 1. The summed E-state index contributed by atoms with van der Waals surface area (Å²) in [7, 11) is 0. The van der Waals surface area contributed by atoms with Gasteiger partial charge < -0.3 is 14.5 Å². The van der Waals surface area contributed by atoms with Gasteiger partial charge in [0.2, 0.25) is 0 Å². The lowest BCUT2D eigenvalue weighted by Crippen LogP contribution is -2.32. The van der Waals surface area contributed by atoms with Gasteiger partial charge >= 0.3 is 0 Å². The Labute approximate surface area is 178 Å². The highest BCUT2D eigenvalue weighted by Crippen LogP contribution is 2.34. The van der Waals surface area contributed by atoms with Crippen molar-refractivity contribution in [3.63, 3.8) is 0 Å². The van der Waals surface area contributed by atoms with E-state index in [9.17, 15) is 0 Å². The highest BCUT2D eigenvalue weighted by atomic mass is 16.5. The van der Waals surface area contributed by atoms with Crippen LogP contribution in [0.3, 0.4) is 0 Å². The Balaban J connectivity index is 1.21. The summed E-state index contributed by atoms with van der Waals surface area (Å²) in [5, 5.41) is 0. The zero-order valence-corrected chi connectivity index (χ0v) is 17.6. The molecule has 0 bridgehead atoms. The van der Waals surface area contributed by atoms with E-state index in [4.69, 9.17) is 9.47 Å². The lowest BCUT2D eigenvalue weighted by molar-refractivity contribution is 0.200. The van der Waals surface area contributed by atoms with E-state index in [1.807, 2.05) is 6.20 Å². The maximum atomic E-state index is 5.85. The second-order valence-corrected chi connectivity index (χ2v) is 8.20. The van der Waals surface area contributed by atoms with Crippen molar-refractivity contribution in [1.82, 2.24) is 14.9 Å². The van der Waals surface area contributed by atoms with Gasteiger partial charge in [-0.25, -0.2) is 4.98 Å². The van der Waals surface area contributed by atoms with Crippen LogP contribution in [0.4, 0.5) is 0 Å². The molecular weight excluding hydrogens is 374 g/mol. The molecule has 5 rings (SSSR count). The van der Waals surface area contributed by atoms with E-state index >= 15 is 0 Å². The van der Waals surface area contributed by atoms with Crippen molar-refractivity contribution < 1.29 is 9.47 Å². The predicted octanol–water partition coefficient (Wildman–Crippen LogP) is 4.79. The van der Waals surface area contributed by atoms with Crippen LogP contribution in [0.25, 0.3) is 11.4 Å². The van der Waals surface area contributed by atoms with Crippen molar-refractivity contribution in [3.8, 4) is 22.9 Å². The Morgan fingerprint density at radius 1 is 1.17 bits per heavy atom. The maximum Gasteiger partial charge on any atom is 0.137 e. The standard InChI is InChI=1S/C25H29N3O2/c1-2-29-24-6-4-3-5-22(24)18-9-12-28(13-10-18)17-21-16-26-25(27-21)20-7-8-23-19(15-20)11-14-30-23/h3-8,15-16,18H,2,9-14,17H2,1H3,(H,26,27). The summed E-state index contributed by atoms with van der Waals surface area (Å²) in [4.78, 5) is 10.7. The maximum absolute atomic E-state index is 5.85. The molecule has 3 heterocycles. The van der Waals surface area contributed by atoms with Crippen LogP contribution in [0.5, 0.6) is 11.5 Å². The summed E-state index contributed by atoms with van der Waals surface area (Å²) in [6, 6.07) is 14.9. The molecule has 0 spiro atoms. The Bertz CT molecular complexity index is 1010. The van der Waals surface area contributed by atoms with Crippen LogP contribution < -0.4 is 9.47 Å². The number of fused-ring (bicyclic) bond motifs is 1. The Morgan fingerprint density at radius 2 is 2.03 bits per heavy atom. The molecule has 2 aromatic carbocycles. The summed E-state index contributed by atoms with van der Waals surface area (Å²) < 4.78 is 11.5. The fourth-order valence-electron chi connectivity index (χ4n) is 4.67. The molecule has 5 heteroatoms. The number of aromatic nitrogens is 2. The van der Waals surface area contributed by atoms with Crippen molar-refractivity contribution in [2.45, 2.75) is 38.6 Å². The molecule has 1 N–H and O–H groups in total. The van der Waals surface area contributed by atoms with E-state index in [1.165, 1.54) is 16.8 Å². The number of benzene rings is 2. The van der Waals surface area contributed by atoms with Crippen molar-refractivity contribution >= 4 is 0 Å². The number of hydrogen-bond acceptors (Lipinski definition) is 4. The lowest BCUT2D eigenvalue weighted by atomic mass is 9.89. The third-order valence-corrected chi connectivity index (χ3v) is 6.23. The van der Waals surface area contributed by atoms with E-state index < -0.39 is 0 Å². The van der Waals surface area contributed by atoms with E-state index in [2.05, 4.69) is 64.3 Å². The monoisotopic (exact) mass is 403 g/mol. The summed E-state index contributed by atoms with van der Waals surface area (Å²) in [6.07, 6.45) is 5.29. The number of imidazole rings is 1. The van der Waals surface area contributed by atoms with Crippen LogP contribution in [0, 0.1) is 0 Å². The molecule has 1 aromatic heterocycles. The van der Waals surface area contributed by atoms with Crippen LogP contribution in [-0.2, 0) is 13.0 Å². The molecule has 0 saturated carbocycles. The average molecular weight is 404 g/mol. The van der Waals surface area contributed by atoms with Gasteiger partial charge in [-0.3, -0.25) is 4.90 Å². The summed E-state index contributed by atoms with van der Waals surface area (Å²) in [5.41, 5.74) is 4.95. The number of H-pyrrole nitrogens is 1. The first kappa shape index (κ1) is 19.2. The first-order chi connectivity index (χ1) is 14.8. The van der Waals surface area contributed by atoms with Crippen LogP contribution >= 0.6 is 0 Å². The number of hydrogen-bond donors (Lipinski definition) is 1. The first-order valence-corrected chi connectivity index (χ1v) is 11.0. The van der Waals surface area contributed by atoms with Crippen molar-refractivity contribution in [2.24, 2.45) is 0 Å². The third kappa shape index (κ3) is 3.94. The van der Waals surface area contributed by atoms with Gasteiger partial charge in [-0.05, 0) is 74.2 Å². The van der Waals surface area contributed by atoms with Crippen molar-refractivity contribution in [1.29, 1.82) is 0 Å². The van der Waals surface area contributed by atoms with E-state index in [1.54, 1.807) is 0 Å². The van der Waals surface area contributed by atoms with Crippen LogP contribution in [0.1, 0.15) is 42.5 Å². The SMILES string of the molecule is CCOc1ccccc1C1CCN(Cc2cnc(-c3ccc4c(c3)CCO4)[nH]2)CC1. The zero-order valence-electron chi connectivity index (χ0n) is 17.6. The van der Waals surface area contributed by atoms with Gasteiger partial charge in [-0.1, -0.05) is 18.2 Å². The second kappa shape index (κ2) is 8.52. The zero-order chi connectivity index (χ0) is 20.3. The number of likely N-dealkylation sites (tertiary alicyclic amines) is 1. The van der Waals surface area contributed by atoms with Crippen LogP contribution in [-0.4, -0.2) is 41.2 Å². The molecule has 2 aliphatic rings. The van der Waals surface area contributed by atoms with Gasteiger partial charge in [0.05, 0.1) is 13.2 Å². The van der Waals surface area contributed by atoms with Gasteiger partial charge in [-0.2, -0.15) is 0 Å². The van der Waals surface area contributed by atoms with E-state index in [0.717, 1.165) is 75.0 Å². The van der Waals surface area contributed by atoms with Crippen molar-refractivity contribution in [3.05, 3.63) is 65.5 Å². The fourth-order valence-corrected chi connectivity index (χ4v) is 4.67. The molecule has 0 unspecified atom stereocenters. The fraction of sp³-hybridized carbons (Fsp3) is 0.400. The van der Waals surface area contributed by atoms with Gasteiger partial charge in [0.25, 0.3) is 0 Å². The minimum Gasteiger partial charge on any atom is -0.494 e. The van der Waals surface area contributed by atoms with E-state index in [0.29, 0.717) is 5.92 Å². The number of rotatable bonds is 6.